The Morgan fingerprint density at radius 1 is 1.32 bits per heavy atom. The van der Waals surface area contributed by atoms with E-state index in [-0.39, 0.29) is 5.91 Å². The molecule has 104 valence electrons. The lowest BCUT2D eigenvalue weighted by Gasteiger charge is -2.32. The molecule has 0 atom stereocenters. The summed E-state index contributed by atoms with van der Waals surface area (Å²) >= 11 is 0. The van der Waals surface area contributed by atoms with Crippen molar-refractivity contribution in [1.82, 2.24) is 15.3 Å². The highest BCUT2D eigenvalue weighted by molar-refractivity contribution is 6.01. The maximum atomic E-state index is 12.3. The van der Waals surface area contributed by atoms with Gasteiger partial charge in [-0.3, -0.25) is 10.2 Å². The number of carbonyl (C=O) groups is 1. The van der Waals surface area contributed by atoms with E-state index in [4.69, 9.17) is 10.5 Å². The Hall–Kier alpha value is -1.79. The van der Waals surface area contributed by atoms with Crippen LogP contribution >= 0.6 is 0 Å². The number of carbonyl (C=O) groups excluding carboxylic acids is 1. The molecule has 1 aromatic rings. The van der Waals surface area contributed by atoms with Gasteiger partial charge in [0.05, 0.1) is 7.11 Å². The summed E-state index contributed by atoms with van der Waals surface area (Å²) in [6.07, 6.45) is 0. The lowest BCUT2D eigenvalue weighted by atomic mass is 10.1. The molecule has 1 aromatic carbocycles. The molecule has 0 bridgehead atoms. The second kappa shape index (κ2) is 5.90. The molecule has 0 radical (unpaired) electrons. The zero-order chi connectivity index (χ0) is 13.8. The Labute approximate surface area is 113 Å². The van der Waals surface area contributed by atoms with Gasteiger partial charge < -0.3 is 15.4 Å². The van der Waals surface area contributed by atoms with Crippen LogP contribution in [-0.2, 0) is 0 Å². The molecular formula is C13H20N4O2. The molecule has 1 aliphatic rings. The van der Waals surface area contributed by atoms with Gasteiger partial charge >= 0.3 is 0 Å². The summed E-state index contributed by atoms with van der Waals surface area (Å²) in [6, 6.07) is 5.19. The molecule has 0 unspecified atom stereocenters. The number of anilines is 1. The van der Waals surface area contributed by atoms with E-state index >= 15 is 0 Å². The van der Waals surface area contributed by atoms with Crippen LogP contribution in [0.25, 0.3) is 0 Å². The molecule has 6 nitrogen and oxygen atoms in total. The zero-order valence-electron chi connectivity index (χ0n) is 11.3. The van der Waals surface area contributed by atoms with Crippen molar-refractivity contribution in [2.45, 2.75) is 0 Å². The minimum absolute atomic E-state index is 0.223. The third-order valence-electron chi connectivity index (χ3n) is 3.27. The van der Waals surface area contributed by atoms with E-state index in [0.29, 0.717) is 17.0 Å². The number of benzene rings is 1. The fraction of sp³-hybridized carbons (Fsp3) is 0.462. The Bertz CT molecular complexity index is 456. The number of nitrogen functional groups attached to an aromatic ring is 1. The first-order chi connectivity index (χ1) is 9.11. The highest BCUT2D eigenvalue weighted by atomic mass is 16.5. The first kappa shape index (κ1) is 13.6. The van der Waals surface area contributed by atoms with Crippen molar-refractivity contribution in [2.24, 2.45) is 0 Å². The van der Waals surface area contributed by atoms with Crippen LogP contribution in [0.1, 0.15) is 10.4 Å². The van der Waals surface area contributed by atoms with Gasteiger partial charge in [-0.2, -0.15) is 0 Å². The number of piperazine rings is 1. The van der Waals surface area contributed by atoms with Crippen molar-refractivity contribution in [1.29, 1.82) is 0 Å². The van der Waals surface area contributed by atoms with Gasteiger partial charge in [0.1, 0.15) is 11.3 Å². The van der Waals surface area contributed by atoms with E-state index in [1.165, 1.54) is 7.11 Å². The third kappa shape index (κ3) is 3.15. The minimum atomic E-state index is -0.223. The molecule has 1 aliphatic heterocycles. The van der Waals surface area contributed by atoms with E-state index < -0.39 is 0 Å². The number of hydrogen-bond acceptors (Lipinski definition) is 5. The number of hydrazine groups is 1. The number of ether oxygens (including phenoxy) is 1. The molecule has 19 heavy (non-hydrogen) atoms. The number of rotatable bonds is 3. The zero-order valence-corrected chi connectivity index (χ0v) is 11.3. The predicted octanol–water partition coefficient (Wildman–Crippen LogP) is 0.170. The number of nitrogens with one attached hydrogen (secondary N) is 1. The maximum Gasteiger partial charge on any atom is 0.271 e. The van der Waals surface area contributed by atoms with Crippen LogP contribution in [0.15, 0.2) is 18.2 Å². The van der Waals surface area contributed by atoms with E-state index in [1.54, 1.807) is 18.2 Å². The molecule has 0 saturated carbocycles. The van der Waals surface area contributed by atoms with Crippen LogP contribution in [-0.4, -0.2) is 56.2 Å². The predicted molar refractivity (Wildman–Crippen MR) is 73.9 cm³/mol. The second-order valence-electron chi connectivity index (χ2n) is 4.66. The summed E-state index contributed by atoms with van der Waals surface area (Å²) in [4.78, 5) is 14.5. The molecule has 1 fully saturated rings. The smallest absolute Gasteiger partial charge is 0.271 e. The number of hydrogen-bond donors (Lipinski definition) is 2. The average molecular weight is 264 g/mol. The Morgan fingerprint density at radius 2 is 2.00 bits per heavy atom. The summed E-state index contributed by atoms with van der Waals surface area (Å²) in [7, 11) is 3.60. The third-order valence-corrected chi connectivity index (χ3v) is 3.27. The number of likely N-dealkylation sites (N-methyl/N-ethyl adjacent to an activating group) is 1. The maximum absolute atomic E-state index is 12.3. The number of nitrogens with two attached hydrogens (primary N) is 1. The molecule has 0 aromatic heterocycles. The Morgan fingerprint density at radius 3 is 2.63 bits per heavy atom. The van der Waals surface area contributed by atoms with Crippen molar-refractivity contribution in [2.75, 3.05) is 46.1 Å². The van der Waals surface area contributed by atoms with Crippen molar-refractivity contribution in [3.05, 3.63) is 23.8 Å². The monoisotopic (exact) mass is 264 g/mol. The van der Waals surface area contributed by atoms with Gasteiger partial charge in [0.2, 0.25) is 0 Å². The highest BCUT2D eigenvalue weighted by Gasteiger charge is 2.20. The molecule has 0 aliphatic carbocycles. The molecule has 3 N–H and O–H groups in total. The SMILES string of the molecule is COc1cccc(N)c1C(=O)NN1CCN(C)CC1. The van der Waals surface area contributed by atoms with Crippen LogP contribution < -0.4 is 15.9 Å². The van der Waals surface area contributed by atoms with Crippen molar-refractivity contribution in [3.8, 4) is 5.75 Å². The summed E-state index contributed by atoms with van der Waals surface area (Å²) in [6.45, 7) is 3.47. The van der Waals surface area contributed by atoms with Crippen LogP contribution in [0.2, 0.25) is 0 Å². The number of methoxy groups -OCH3 is 1. The molecule has 2 rings (SSSR count). The van der Waals surface area contributed by atoms with Gasteiger partial charge in [0, 0.05) is 31.9 Å². The van der Waals surface area contributed by atoms with E-state index in [1.807, 2.05) is 5.01 Å². The lowest BCUT2D eigenvalue weighted by molar-refractivity contribution is 0.0661. The van der Waals surface area contributed by atoms with Gasteiger partial charge in [-0.05, 0) is 19.2 Å². The van der Waals surface area contributed by atoms with Gasteiger partial charge in [0.15, 0.2) is 0 Å². The first-order valence-corrected chi connectivity index (χ1v) is 6.28. The quantitative estimate of drug-likeness (QED) is 0.762. The first-order valence-electron chi connectivity index (χ1n) is 6.28. The lowest BCUT2D eigenvalue weighted by Crippen LogP contribution is -2.52. The second-order valence-corrected chi connectivity index (χ2v) is 4.66. The fourth-order valence-corrected chi connectivity index (χ4v) is 2.08. The Balaban J connectivity index is 2.08. The van der Waals surface area contributed by atoms with E-state index in [2.05, 4.69) is 17.4 Å². The van der Waals surface area contributed by atoms with Crippen molar-refractivity contribution < 1.29 is 9.53 Å². The summed E-state index contributed by atoms with van der Waals surface area (Å²) in [5.74, 6) is 0.270. The Kier molecular flexibility index (Phi) is 4.24. The highest BCUT2D eigenvalue weighted by Crippen LogP contribution is 2.23. The van der Waals surface area contributed by atoms with Gasteiger partial charge in [-0.1, -0.05) is 6.07 Å². The minimum Gasteiger partial charge on any atom is -0.496 e. The molecule has 1 heterocycles. The van der Waals surface area contributed by atoms with Gasteiger partial charge in [0.25, 0.3) is 5.91 Å². The molecule has 0 spiro atoms. The van der Waals surface area contributed by atoms with Crippen LogP contribution in [0.4, 0.5) is 5.69 Å². The van der Waals surface area contributed by atoms with Crippen molar-refractivity contribution >= 4 is 11.6 Å². The fourth-order valence-electron chi connectivity index (χ4n) is 2.08. The molecule has 1 saturated heterocycles. The summed E-state index contributed by atoms with van der Waals surface area (Å²) in [5, 5.41) is 1.91. The van der Waals surface area contributed by atoms with Crippen molar-refractivity contribution in [3.63, 3.8) is 0 Å². The van der Waals surface area contributed by atoms with Crippen LogP contribution in [0.5, 0.6) is 5.75 Å². The normalized spacial score (nSPS) is 17.2. The average Bonchev–Trinajstić information content (AvgIpc) is 2.40. The summed E-state index contributed by atoms with van der Waals surface area (Å²) < 4.78 is 5.19. The molecular weight excluding hydrogens is 244 g/mol. The number of nitrogens with zero attached hydrogens (tertiary/aromatic N) is 2. The molecule has 6 heteroatoms. The van der Waals surface area contributed by atoms with Crippen LogP contribution in [0, 0.1) is 0 Å². The van der Waals surface area contributed by atoms with E-state index in [9.17, 15) is 4.79 Å². The van der Waals surface area contributed by atoms with Crippen LogP contribution in [0.3, 0.4) is 0 Å². The summed E-state index contributed by atoms with van der Waals surface area (Å²) in [5.41, 5.74) is 9.55. The largest absolute Gasteiger partial charge is 0.496 e. The van der Waals surface area contributed by atoms with Gasteiger partial charge in [-0.15, -0.1) is 0 Å². The topological polar surface area (TPSA) is 70.8 Å². The van der Waals surface area contributed by atoms with E-state index in [0.717, 1.165) is 26.2 Å². The number of amides is 1. The van der Waals surface area contributed by atoms with Gasteiger partial charge in [-0.25, -0.2) is 5.01 Å². The standard InChI is InChI=1S/C13H20N4O2/c1-16-6-8-17(9-7-16)15-13(18)12-10(14)4-3-5-11(12)19-2/h3-5H,6-9,14H2,1-2H3,(H,15,18). The molecule has 1 amide bonds.